The zero-order chi connectivity index (χ0) is 11.4. The number of hydrogen-bond acceptors (Lipinski definition) is 5. The second-order valence-electron chi connectivity index (χ2n) is 2.95. The topological polar surface area (TPSA) is 92.6 Å². The molecule has 0 aromatic carbocycles. The maximum absolute atomic E-state index is 11.6. The highest BCUT2D eigenvalue weighted by Gasteiger charge is 2.16. The van der Waals surface area contributed by atoms with Crippen molar-refractivity contribution in [3.63, 3.8) is 0 Å². The van der Waals surface area contributed by atoms with E-state index in [1.165, 1.54) is 0 Å². The van der Waals surface area contributed by atoms with Crippen LogP contribution in [-0.4, -0.2) is 35.2 Å². The van der Waals surface area contributed by atoms with Crippen LogP contribution in [0.2, 0.25) is 4.34 Å². The van der Waals surface area contributed by atoms with Gasteiger partial charge in [0.05, 0.1) is 21.9 Å². The Bertz CT molecular complexity index is 344. The van der Waals surface area contributed by atoms with E-state index in [1.807, 2.05) is 0 Å². The van der Waals surface area contributed by atoms with Gasteiger partial charge in [0.25, 0.3) is 5.91 Å². The number of carbonyl (C=O) groups excluding carboxylic acids is 1. The molecule has 1 amide bonds. The van der Waals surface area contributed by atoms with Gasteiger partial charge in [0.15, 0.2) is 0 Å². The third kappa shape index (κ3) is 3.44. The molecule has 1 aromatic heterocycles. The Morgan fingerprint density at radius 3 is 2.80 bits per heavy atom. The van der Waals surface area contributed by atoms with E-state index >= 15 is 0 Å². The summed E-state index contributed by atoms with van der Waals surface area (Å²) in [7, 11) is 0. The van der Waals surface area contributed by atoms with Crippen molar-refractivity contribution in [3.8, 4) is 0 Å². The van der Waals surface area contributed by atoms with E-state index < -0.39 is 6.10 Å². The molecule has 7 heteroatoms. The van der Waals surface area contributed by atoms with Crippen molar-refractivity contribution in [2.24, 2.45) is 11.6 Å². The van der Waals surface area contributed by atoms with Gasteiger partial charge in [-0.1, -0.05) is 11.6 Å². The highest BCUT2D eigenvalue weighted by molar-refractivity contribution is 7.17. The number of amides is 1. The monoisotopic (exact) mass is 249 g/mol. The number of rotatable bonds is 4. The molecule has 0 unspecified atom stereocenters. The maximum Gasteiger partial charge on any atom is 0.277 e. The number of hydrazine groups is 1. The Balaban J connectivity index is 2.60. The predicted molar refractivity (Wildman–Crippen MR) is 59.6 cm³/mol. The average Bonchev–Trinajstić information content (AvgIpc) is 2.63. The van der Waals surface area contributed by atoms with Crippen LogP contribution in [0.4, 0.5) is 0 Å². The lowest BCUT2D eigenvalue weighted by Gasteiger charge is -2.18. The zero-order valence-electron chi connectivity index (χ0n) is 7.89. The number of aliphatic hydroxyl groups excluding tert-OH is 1. The first-order chi connectivity index (χ1) is 7.04. The van der Waals surface area contributed by atoms with Gasteiger partial charge in [-0.3, -0.25) is 9.80 Å². The summed E-state index contributed by atoms with van der Waals surface area (Å²) >= 11 is 6.82. The smallest absolute Gasteiger partial charge is 0.277 e. The molecular formula is C8H12ClN3O2S. The lowest BCUT2D eigenvalue weighted by molar-refractivity contribution is 0.0640. The van der Waals surface area contributed by atoms with Gasteiger partial charge in [-0.05, 0) is 12.1 Å². The number of nitrogens with two attached hydrogens (primary N) is 2. The molecule has 1 rings (SSSR count). The van der Waals surface area contributed by atoms with Crippen LogP contribution in [0.1, 0.15) is 9.67 Å². The van der Waals surface area contributed by atoms with Crippen molar-refractivity contribution in [2.45, 2.75) is 6.10 Å². The van der Waals surface area contributed by atoms with Gasteiger partial charge >= 0.3 is 0 Å². The van der Waals surface area contributed by atoms with Crippen LogP contribution in [-0.2, 0) is 0 Å². The van der Waals surface area contributed by atoms with E-state index in [1.54, 1.807) is 12.1 Å². The molecule has 5 N–H and O–H groups in total. The van der Waals surface area contributed by atoms with Gasteiger partial charge in [0, 0.05) is 6.54 Å². The molecule has 84 valence electrons. The van der Waals surface area contributed by atoms with E-state index in [0.717, 1.165) is 16.3 Å². The quantitative estimate of drug-likeness (QED) is 0.399. The minimum absolute atomic E-state index is 0.00481. The zero-order valence-corrected chi connectivity index (χ0v) is 9.46. The van der Waals surface area contributed by atoms with E-state index in [0.29, 0.717) is 9.21 Å². The number of hydrogen-bond donors (Lipinski definition) is 3. The van der Waals surface area contributed by atoms with E-state index in [2.05, 4.69) is 0 Å². The summed E-state index contributed by atoms with van der Waals surface area (Å²) in [6.07, 6.45) is -0.811. The van der Waals surface area contributed by atoms with Crippen molar-refractivity contribution < 1.29 is 9.90 Å². The van der Waals surface area contributed by atoms with Crippen LogP contribution in [0.5, 0.6) is 0 Å². The minimum Gasteiger partial charge on any atom is -0.390 e. The van der Waals surface area contributed by atoms with Crippen LogP contribution in [0, 0.1) is 0 Å². The molecule has 0 aliphatic rings. The highest BCUT2D eigenvalue weighted by Crippen LogP contribution is 2.22. The van der Waals surface area contributed by atoms with E-state index in [4.69, 9.17) is 23.2 Å². The molecular weight excluding hydrogens is 238 g/mol. The molecule has 0 spiro atoms. The number of aliphatic hydroxyl groups is 1. The van der Waals surface area contributed by atoms with Gasteiger partial charge in [0.2, 0.25) is 0 Å². The Labute approximate surface area is 96.2 Å². The number of nitrogens with zero attached hydrogens (tertiary/aromatic N) is 1. The van der Waals surface area contributed by atoms with Crippen LogP contribution in [0.25, 0.3) is 0 Å². The number of thiophene rings is 1. The Hall–Kier alpha value is -0.660. The summed E-state index contributed by atoms with van der Waals surface area (Å²) in [6.45, 7) is 0.0665. The van der Waals surface area contributed by atoms with Crippen molar-refractivity contribution in [3.05, 3.63) is 21.3 Å². The second kappa shape index (κ2) is 5.43. The summed E-state index contributed by atoms with van der Waals surface area (Å²) in [4.78, 5) is 12.0. The minimum atomic E-state index is -0.811. The van der Waals surface area contributed by atoms with Crippen molar-refractivity contribution in [1.29, 1.82) is 0 Å². The van der Waals surface area contributed by atoms with Crippen molar-refractivity contribution in [1.82, 2.24) is 5.01 Å². The van der Waals surface area contributed by atoms with Crippen LogP contribution < -0.4 is 11.6 Å². The van der Waals surface area contributed by atoms with Crippen LogP contribution >= 0.6 is 22.9 Å². The molecule has 5 nitrogen and oxygen atoms in total. The Morgan fingerprint density at radius 1 is 1.67 bits per heavy atom. The lowest BCUT2D eigenvalue weighted by atomic mass is 10.3. The second-order valence-corrected chi connectivity index (χ2v) is 4.67. The predicted octanol–water partition coefficient (Wildman–Crippen LogP) is 0.0370. The number of halogens is 1. The molecule has 15 heavy (non-hydrogen) atoms. The first kappa shape index (κ1) is 12.4. The molecule has 0 fully saturated rings. The fourth-order valence-corrected chi connectivity index (χ4v) is 1.95. The lowest BCUT2D eigenvalue weighted by Crippen LogP contribution is -2.44. The van der Waals surface area contributed by atoms with Crippen molar-refractivity contribution >= 4 is 28.8 Å². The van der Waals surface area contributed by atoms with Gasteiger partial charge in [-0.25, -0.2) is 5.84 Å². The molecule has 1 atom stereocenters. The molecule has 0 radical (unpaired) electrons. The van der Waals surface area contributed by atoms with Gasteiger partial charge < -0.3 is 10.8 Å². The normalized spacial score (nSPS) is 12.5. The SMILES string of the molecule is NC[C@@H](O)CN(N)C(=O)c1ccc(Cl)s1. The molecule has 0 aliphatic carbocycles. The highest BCUT2D eigenvalue weighted by atomic mass is 35.5. The summed E-state index contributed by atoms with van der Waals surface area (Å²) < 4.78 is 0.520. The average molecular weight is 250 g/mol. The van der Waals surface area contributed by atoms with Crippen LogP contribution in [0.3, 0.4) is 0 Å². The standard InChI is InChI=1S/C8H12ClN3O2S/c9-7-2-1-6(15-7)8(14)12(11)4-5(13)3-10/h1-2,5,13H,3-4,10-11H2/t5-/m1/s1. The maximum atomic E-state index is 11.6. The molecule has 0 saturated carbocycles. The molecule has 1 aromatic rings. The summed E-state index contributed by atoms with van der Waals surface area (Å²) in [5.74, 6) is 5.09. The van der Waals surface area contributed by atoms with E-state index in [-0.39, 0.29) is 19.0 Å². The van der Waals surface area contributed by atoms with E-state index in [9.17, 15) is 9.90 Å². The molecule has 1 heterocycles. The third-order valence-corrected chi connectivity index (χ3v) is 2.94. The Kier molecular flexibility index (Phi) is 4.49. The first-order valence-corrected chi connectivity index (χ1v) is 5.44. The summed E-state index contributed by atoms with van der Waals surface area (Å²) in [5.41, 5.74) is 5.20. The number of carbonyl (C=O) groups is 1. The third-order valence-electron chi connectivity index (χ3n) is 1.72. The van der Waals surface area contributed by atoms with Crippen molar-refractivity contribution in [2.75, 3.05) is 13.1 Å². The first-order valence-electron chi connectivity index (χ1n) is 4.24. The molecule has 0 saturated heterocycles. The summed E-state index contributed by atoms with van der Waals surface area (Å²) in [6, 6.07) is 3.21. The molecule has 0 aliphatic heterocycles. The van der Waals surface area contributed by atoms with Gasteiger partial charge in [0.1, 0.15) is 0 Å². The van der Waals surface area contributed by atoms with Crippen LogP contribution in [0.15, 0.2) is 12.1 Å². The fourth-order valence-electron chi connectivity index (χ4n) is 0.955. The largest absolute Gasteiger partial charge is 0.390 e. The molecule has 0 bridgehead atoms. The fraction of sp³-hybridized carbons (Fsp3) is 0.375. The Morgan fingerprint density at radius 2 is 2.33 bits per heavy atom. The van der Waals surface area contributed by atoms with Gasteiger partial charge in [-0.15, -0.1) is 11.3 Å². The summed E-state index contributed by atoms with van der Waals surface area (Å²) in [5, 5.41) is 10.1. The van der Waals surface area contributed by atoms with Gasteiger partial charge in [-0.2, -0.15) is 0 Å².